The molecule has 1 N–H and O–H groups in total. The van der Waals surface area contributed by atoms with Crippen LogP contribution in [-0.4, -0.2) is 30.3 Å². The summed E-state index contributed by atoms with van der Waals surface area (Å²) >= 11 is 0. The first-order valence-electron chi connectivity index (χ1n) is 6.48. The van der Waals surface area contributed by atoms with E-state index in [4.69, 9.17) is 0 Å². The number of hydrogen-bond donors (Lipinski definition) is 1. The Kier molecular flexibility index (Phi) is 4.77. The monoisotopic (exact) mass is 364 g/mol. The number of amides is 1. The van der Waals surface area contributed by atoms with E-state index >= 15 is 0 Å². The van der Waals surface area contributed by atoms with Crippen molar-refractivity contribution in [1.82, 2.24) is 5.16 Å². The Bertz CT molecular complexity index is 801. The summed E-state index contributed by atoms with van der Waals surface area (Å²) in [5.41, 5.74) is -0.326. The fourth-order valence-electron chi connectivity index (χ4n) is 1.77. The summed E-state index contributed by atoms with van der Waals surface area (Å²) in [4.78, 5) is 23.7. The third-order valence-electron chi connectivity index (χ3n) is 2.99. The average molecular weight is 364 g/mol. The van der Waals surface area contributed by atoms with Crippen LogP contribution in [0.1, 0.15) is 26.5 Å². The minimum Gasteiger partial charge on any atom is -0.465 e. The number of anilines is 1. The summed E-state index contributed by atoms with van der Waals surface area (Å²) in [7, 11) is 1.08. The van der Waals surface area contributed by atoms with Crippen molar-refractivity contribution in [1.29, 1.82) is 0 Å². The standard InChI is InChI=1S/C14H9F5N2O4/c1-24-12(23)8-5-3-2-4-7(8)11(22)20-10-6-9(25-21-10)13(15,16)14(17,18)19/h2-6H,1H3,(H,20,21,22). The normalized spacial score (nSPS) is 11.9. The summed E-state index contributed by atoms with van der Waals surface area (Å²) in [6.45, 7) is 0. The van der Waals surface area contributed by atoms with Crippen LogP contribution in [0.5, 0.6) is 0 Å². The number of methoxy groups -OCH3 is 1. The molecule has 1 heterocycles. The fourth-order valence-corrected chi connectivity index (χ4v) is 1.77. The van der Waals surface area contributed by atoms with Crippen LogP contribution < -0.4 is 5.32 Å². The maximum absolute atomic E-state index is 13.1. The molecule has 0 atom stereocenters. The first kappa shape index (κ1) is 18.4. The van der Waals surface area contributed by atoms with Gasteiger partial charge in [-0.25, -0.2) is 4.79 Å². The van der Waals surface area contributed by atoms with Crippen molar-refractivity contribution in [2.45, 2.75) is 12.1 Å². The van der Waals surface area contributed by atoms with Gasteiger partial charge in [0, 0.05) is 6.07 Å². The van der Waals surface area contributed by atoms with Crippen molar-refractivity contribution >= 4 is 17.7 Å². The number of benzene rings is 1. The van der Waals surface area contributed by atoms with Crippen molar-refractivity contribution in [3.05, 3.63) is 47.2 Å². The average Bonchev–Trinajstić information content (AvgIpc) is 3.02. The SMILES string of the molecule is COC(=O)c1ccccc1C(=O)Nc1cc(C(F)(F)C(F)(F)F)on1. The molecule has 0 aliphatic carbocycles. The predicted octanol–water partition coefficient (Wildman–Crippen LogP) is 3.37. The second-order valence-corrected chi connectivity index (χ2v) is 4.64. The Morgan fingerprint density at radius 2 is 1.72 bits per heavy atom. The number of aromatic nitrogens is 1. The van der Waals surface area contributed by atoms with E-state index in [1.165, 1.54) is 24.3 Å². The van der Waals surface area contributed by atoms with E-state index in [9.17, 15) is 31.5 Å². The molecular weight excluding hydrogens is 355 g/mol. The van der Waals surface area contributed by atoms with Crippen molar-refractivity contribution in [2.24, 2.45) is 0 Å². The molecule has 0 radical (unpaired) electrons. The number of halogens is 5. The topological polar surface area (TPSA) is 81.4 Å². The van der Waals surface area contributed by atoms with Crippen molar-refractivity contribution < 1.29 is 40.8 Å². The number of carbonyl (C=O) groups is 2. The summed E-state index contributed by atoms with van der Waals surface area (Å²) in [6, 6.07) is 5.60. The number of alkyl halides is 5. The number of carbonyl (C=O) groups excluding carboxylic acids is 2. The lowest BCUT2D eigenvalue weighted by Gasteiger charge is -2.15. The number of hydrogen-bond acceptors (Lipinski definition) is 5. The molecule has 0 spiro atoms. The Balaban J connectivity index is 2.25. The molecule has 0 saturated heterocycles. The molecule has 2 rings (SSSR count). The van der Waals surface area contributed by atoms with Gasteiger partial charge in [0.05, 0.1) is 18.2 Å². The highest BCUT2D eigenvalue weighted by atomic mass is 19.4. The van der Waals surface area contributed by atoms with Gasteiger partial charge in [0.2, 0.25) is 5.76 Å². The third-order valence-corrected chi connectivity index (χ3v) is 2.99. The quantitative estimate of drug-likeness (QED) is 0.665. The van der Waals surface area contributed by atoms with E-state index < -0.39 is 35.6 Å². The molecule has 0 aliphatic rings. The van der Waals surface area contributed by atoms with Crippen LogP contribution in [0.25, 0.3) is 0 Å². The number of rotatable bonds is 4. The molecule has 1 aromatic carbocycles. The van der Waals surface area contributed by atoms with Crippen LogP contribution in [0, 0.1) is 0 Å². The van der Waals surface area contributed by atoms with Gasteiger partial charge in [-0.2, -0.15) is 22.0 Å². The molecule has 1 aromatic heterocycles. The number of esters is 1. The lowest BCUT2D eigenvalue weighted by molar-refractivity contribution is -0.296. The lowest BCUT2D eigenvalue weighted by Crippen LogP contribution is -2.33. The van der Waals surface area contributed by atoms with E-state index in [-0.39, 0.29) is 17.2 Å². The van der Waals surface area contributed by atoms with Crippen LogP contribution in [0.4, 0.5) is 27.8 Å². The zero-order valence-electron chi connectivity index (χ0n) is 12.4. The van der Waals surface area contributed by atoms with E-state index in [0.717, 1.165) is 7.11 Å². The van der Waals surface area contributed by atoms with Gasteiger partial charge in [0.1, 0.15) is 0 Å². The molecule has 2 aromatic rings. The van der Waals surface area contributed by atoms with E-state index in [0.29, 0.717) is 0 Å². The smallest absolute Gasteiger partial charge is 0.461 e. The molecule has 0 fully saturated rings. The van der Waals surface area contributed by atoms with Crippen LogP contribution in [0.3, 0.4) is 0 Å². The maximum atomic E-state index is 13.1. The minimum atomic E-state index is -5.88. The fraction of sp³-hybridized carbons (Fsp3) is 0.214. The van der Waals surface area contributed by atoms with Gasteiger partial charge < -0.3 is 14.6 Å². The summed E-state index contributed by atoms with van der Waals surface area (Å²) in [5, 5.41) is 4.92. The lowest BCUT2D eigenvalue weighted by atomic mass is 10.1. The Morgan fingerprint density at radius 3 is 2.28 bits per heavy atom. The first-order valence-corrected chi connectivity index (χ1v) is 6.48. The summed E-state index contributed by atoms with van der Waals surface area (Å²) in [6.07, 6.45) is -5.88. The second-order valence-electron chi connectivity index (χ2n) is 4.64. The number of nitrogens with zero attached hydrogens (tertiary/aromatic N) is 1. The van der Waals surface area contributed by atoms with Gasteiger partial charge in [-0.05, 0) is 12.1 Å². The van der Waals surface area contributed by atoms with Crippen LogP contribution >= 0.6 is 0 Å². The zero-order valence-corrected chi connectivity index (χ0v) is 12.4. The molecule has 0 bridgehead atoms. The third kappa shape index (κ3) is 3.59. The molecule has 0 saturated carbocycles. The molecule has 1 amide bonds. The van der Waals surface area contributed by atoms with Crippen LogP contribution in [0.2, 0.25) is 0 Å². The van der Waals surface area contributed by atoms with Gasteiger partial charge in [0.15, 0.2) is 5.82 Å². The molecule has 6 nitrogen and oxygen atoms in total. The molecular formula is C14H9F5N2O4. The predicted molar refractivity (Wildman–Crippen MR) is 72.2 cm³/mol. The van der Waals surface area contributed by atoms with Crippen molar-refractivity contribution in [2.75, 3.05) is 12.4 Å². The van der Waals surface area contributed by atoms with Gasteiger partial charge in [0.25, 0.3) is 5.91 Å². The van der Waals surface area contributed by atoms with Crippen molar-refractivity contribution in [3.8, 4) is 0 Å². The largest absolute Gasteiger partial charge is 0.465 e. The molecule has 0 aliphatic heterocycles. The van der Waals surface area contributed by atoms with E-state index in [1.807, 2.05) is 5.32 Å². The Morgan fingerprint density at radius 1 is 1.12 bits per heavy atom. The highest BCUT2D eigenvalue weighted by molar-refractivity contribution is 6.10. The molecule has 134 valence electrons. The van der Waals surface area contributed by atoms with Gasteiger partial charge in [-0.15, -0.1) is 0 Å². The molecule has 25 heavy (non-hydrogen) atoms. The highest BCUT2D eigenvalue weighted by Crippen LogP contribution is 2.44. The van der Waals surface area contributed by atoms with Crippen molar-refractivity contribution in [3.63, 3.8) is 0 Å². The first-order chi connectivity index (χ1) is 11.6. The van der Waals surface area contributed by atoms with Gasteiger partial charge in [-0.1, -0.05) is 17.3 Å². The summed E-state index contributed by atoms with van der Waals surface area (Å²) < 4.78 is 71.5. The summed E-state index contributed by atoms with van der Waals surface area (Å²) in [5.74, 6) is -9.54. The van der Waals surface area contributed by atoms with E-state index in [2.05, 4.69) is 14.4 Å². The Labute approximate surface area is 136 Å². The minimum absolute atomic E-state index is 0.133. The van der Waals surface area contributed by atoms with Gasteiger partial charge in [-0.3, -0.25) is 4.79 Å². The molecule has 11 heteroatoms. The second kappa shape index (κ2) is 6.49. The van der Waals surface area contributed by atoms with Gasteiger partial charge >= 0.3 is 18.1 Å². The maximum Gasteiger partial charge on any atom is 0.461 e. The van der Waals surface area contributed by atoms with Crippen LogP contribution in [0.15, 0.2) is 34.9 Å². The number of nitrogens with one attached hydrogen (secondary N) is 1. The van der Waals surface area contributed by atoms with Crippen LogP contribution in [-0.2, 0) is 10.7 Å². The Hall–Kier alpha value is -2.98. The number of ether oxygens (including phenoxy) is 1. The van der Waals surface area contributed by atoms with E-state index in [1.54, 1.807) is 0 Å². The molecule has 0 unspecified atom stereocenters. The highest BCUT2D eigenvalue weighted by Gasteiger charge is 2.61. The zero-order chi connectivity index (χ0) is 18.8.